The van der Waals surface area contributed by atoms with E-state index in [2.05, 4.69) is 10.6 Å². The zero-order chi connectivity index (χ0) is 14.7. The van der Waals surface area contributed by atoms with Gasteiger partial charge in [-0.1, -0.05) is 6.07 Å². The average molecular weight is 276 g/mol. The lowest BCUT2D eigenvalue weighted by molar-refractivity contribution is -0.129. The molecule has 108 valence electrons. The number of nitrogens with zero attached hydrogens (tertiary/aromatic N) is 1. The molecule has 1 atom stereocenters. The molecule has 0 bridgehead atoms. The third-order valence-corrected chi connectivity index (χ3v) is 3.45. The van der Waals surface area contributed by atoms with E-state index < -0.39 is 0 Å². The molecule has 2 rings (SSSR count). The highest BCUT2D eigenvalue weighted by Gasteiger charge is 2.26. The van der Waals surface area contributed by atoms with Gasteiger partial charge in [0, 0.05) is 13.1 Å². The number of hydrogen-bond acceptors (Lipinski definition) is 4. The molecule has 1 aromatic rings. The Hall–Kier alpha value is -2.08. The smallest absolute Gasteiger partial charge is 0.238 e. The molecule has 1 unspecified atom stereocenters. The zero-order valence-electron chi connectivity index (χ0n) is 11.8. The van der Waals surface area contributed by atoms with E-state index in [-0.39, 0.29) is 24.4 Å². The van der Waals surface area contributed by atoms with Crippen molar-refractivity contribution in [3.05, 3.63) is 23.8 Å². The van der Waals surface area contributed by atoms with Crippen LogP contribution >= 0.6 is 0 Å². The molecule has 1 aromatic carbocycles. The summed E-state index contributed by atoms with van der Waals surface area (Å²) in [6.07, 6.45) is 0. The summed E-state index contributed by atoms with van der Waals surface area (Å²) in [5.41, 5.74) is 8.05. The van der Waals surface area contributed by atoms with Crippen LogP contribution in [0, 0.1) is 6.92 Å². The van der Waals surface area contributed by atoms with Crippen molar-refractivity contribution in [3.8, 4) is 0 Å². The number of anilines is 2. The van der Waals surface area contributed by atoms with Crippen molar-refractivity contribution in [1.82, 2.24) is 10.2 Å². The van der Waals surface area contributed by atoms with Gasteiger partial charge in [-0.2, -0.15) is 0 Å². The van der Waals surface area contributed by atoms with Crippen molar-refractivity contribution in [2.75, 3.05) is 30.7 Å². The number of rotatable bonds is 3. The second-order valence-corrected chi connectivity index (χ2v) is 5.08. The minimum Gasteiger partial charge on any atom is -0.397 e. The maximum Gasteiger partial charge on any atom is 0.238 e. The first kappa shape index (κ1) is 14.3. The van der Waals surface area contributed by atoms with E-state index in [1.54, 1.807) is 13.0 Å². The van der Waals surface area contributed by atoms with Crippen molar-refractivity contribution >= 4 is 23.2 Å². The second kappa shape index (κ2) is 5.92. The normalized spacial score (nSPS) is 19.5. The van der Waals surface area contributed by atoms with Gasteiger partial charge >= 0.3 is 0 Å². The fraction of sp³-hybridized carbons (Fsp3) is 0.429. The molecule has 0 radical (unpaired) electrons. The Kier molecular flexibility index (Phi) is 4.24. The summed E-state index contributed by atoms with van der Waals surface area (Å²) in [6, 6.07) is 5.20. The number of hydrogen-bond donors (Lipinski definition) is 3. The Bertz CT molecular complexity index is 530. The number of nitrogens with two attached hydrogens (primary N) is 1. The van der Waals surface area contributed by atoms with Gasteiger partial charge in [-0.05, 0) is 31.5 Å². The van der Waals surface area contributed by atoms with E-state index >= 15 is 0 Å². The molecule has 20 heavy (non-hydrogen) atoms. The Morgan fingerprint density at radius 3 is 3.00 bits per heavy atom. The molecule has 0 spiro atoms. The van der Waals surface area contributed by atoms with E-state index in [4.69, 9.17) is 5.73 Å². The number of amides is 2. The predicted octanol–water partition coefficient (Wildman–Crippen LogP) is 0.336. The Balaban J connectivity index is 1.97. The third-order valence-electron chi connectivity index (χ3n) is 3.45. The highest BCUT2D eigenvalue weighted by Crippen LogP contribution is 2.19. The second-order valence-electron chi connectivity index (χ2n) is 5.08. The van der Waals surface area contributed by atoms with Gasteiger partial charge in [0.2, 0.25) is 11.8 Å². The van der Waals surface area contributed by atoms with Gasteiger partial charge in [-0.15, -0.1) is 0 Å². The van der Waals surface area contributed by atoms with Crippen LogP contribution in [-0.4, -0.2) is 42.4 Å². The number of nitrogen functional groups attached to an aromatic ring is 1. The molecular formula is C14H20N4O2. The quantitative estimate of drug-likeness (QED) is 0.695. The zero-order valence-corrected chi connectivity index (χ0v) is 11.8. The summed E-state index contributed by atoms with van der Waals surface area (Å²) < 4.78 is 0. The van der Waals surface area contributed by atoms with Crippen LogP contribution in [0.4, 0.5) is 11.4 Å². The highest BCUT2D eigenvalue weighted by molar-refractivity contribution is 5.95. The number of benzene rings is 1. The fourth-order valence-corrected chi connectivity index (χ4v) is 2.22. The topological polar surface area (TPSA) is 87.5 Å². The van der Waals surface area contributed by atoms with Crippen LogP contribution < -0.4 is 16.4 Å². The van der Waals surface area contributed by atoms with Crippen LogP contribution in [0.1, 0.15) is 12.5 Å². The summed E-state index contributed by atoms with van der Waals surface area (Å²) >= 11 is 0. The molecular weight excluding hydrogens is 256 g/mol. The molecule has 1 aliphatic rings. The first-order valence-electron chi connectivity index (χ1n) is 6.65. The third kappa shape index (κ3) is 3.27. The lowest BCUT2D eigenvalue weighted by Gasteiger charge is -2.32. The molecule has 6 heteroatoms. The molecule has 1 aliphatic heterocycles. The van der Waals surface area contributed by atoms with Gasteiger partial charge in [0.15, 0.2) is 0 Å². The SMILES string of the molecule is Cc1ccc(NC(=O)CN2CCNC(=O)C2C)c(N)c1. The van der Waals surface area contributed by atoms with E-state index in [1.807, 2.05) is 24.0 Å². The Morgan fingerprint density at radius 2 is 2.30 bits per heavy atom. The highest BCUT2D eigenvalue weighted by atomic mass is 16.2. The summed E-state index contributed by atoms with van der Waals surface area (Å²) in [5, 5.41) is 5.55. The van der Waals surface area contributed by atoms with Gasteiger partial charge in [0.1, 0.15) is 0 Å². The van der Waals surface area contributed by atoms with Gasteiger partial charge in [-0.25, -0.2) is 0 Å². The predicted molar refractivity (Wildman–Crippen MR) is 78.3 cm³/mol. The maximum atomic E-state index is 12.0. The number of nitrogens with one attached hydrogen (secondary N) is 2. The monoisotopic (exact) mass is 276 g/mol. The molecule has 0 saturated carbocycles. The number of carbonyl (C=O) groups excluding carboxylic acids is 2. The van der Waals surface area contributed by atoms with Crippen LogP contribution in [0.25, 0.3) is 0 Å². The van der Waals surface area contributed by atoms with Crippen LogP contribution in [0.5, 0.6) is 0 Å². The minimum absolute atomic E-state index is 0.0427. The van der Waals surface area contributed by atoms with Crippen LogP contribution in [0.3, 0.4) is 0 Å². The van der Waals surface area contributed by atoms with E-state index in [9.17, 15) is 9.59 Å². The molecule has 2 amide bonds. The lowest BCUT2D eigenvalue weighted by atomic mass is 10.2. The average Bonchev–Trinajstić information content (AvgIpc) is 2.38. The standard InChI is InChI=1S/C14H20N4O2/c1-9-3-4-12(11(15)7-9)17-13(19)8-18-6-5-16-14(20)10(18)2/h3-4,7,10H,5-6,8,15H2,1-2H3,(H,16,20)(H,17,19). The summed E-state index contributed by atoms with van der Waals surface area (Å²) in [5.74, 6) is -0.207. The minimum atomic E-state index is -0.287. The van der Waals surface area contributed by atoms with Gasteiger partial charge in [-0.3, -0.25) is 14.5 Å². The fourth-order valence-electron chi connectivity index (χ4n) is 2.22. The summed E-state index contributed by atoms with van der Waals surface area (Å²) in [4.78, 5) is 25.4. The molecule has 1 fully saturated rings. The van der Waals surface area contributed by atoms with E-state index in [0.29, 0.717) is 24.5 Å². The molecule has 1 heterocycles. The van der Waals surface area contributed by atoms with E-state index in [1.165, 1.54) is 0 Å². The van der Waals surface area contributed by atoms with Crippen LogP contribution in [-0.2, 0) is 9.59 Å². The number of aryl methyl sites for hydroxylation is 1. The van der Waals surface area contributed by atoms with Gasteiger partial charge < -0.3 is 16.4 Å². The van der Waals surface area contributed by atoms with Crippen molar-refractivity contribution in [2.45, 2.75) is 19.9 Å². The molecule has 0 aliphatic carbocycles. The van der Waals surface area contributed by atoms with Crippen LogP contribution in [0.15, 0.2) is 18.2 Å². The number of piperazine rings is 1. The van der Waals surface area contributed by atoms with Crippen molar-refractivity contribution in [3.63, 3.8) is 0 Å². The molecule has 4 N–H and O–H groups in total. The Labute approximate surface area is 118 Å². The lowest BCUT2D eigenvalue weighted by Crippen LogP contribution is -2.55. The first-order chi connectivity index (χ1) is 9.47. The van der Waals surface area contributed by atoms with E-state index in [0.717, 1.165) is 5.56 Å². The molecule has 1 saturated heterocycles. The van der Waals surface area contributed by atoms with Gasteiger partial charge in [0.25, 0.3) is 0 Å². The molecule has 0 aromatic heterocycles. The van der Waals surface area contributed by atoms with Crippen LogP contribution in [0.2, 0.25) is 0 Å². The van der Waals surface area contributed by atoms with Gasteiger partial charge in [0.05, 0.1) is 24.0 Å². The molecule has 6 nitrogen and oxygen atoms in total. The first-order valence-corrected chi connectivity index (χ1v) is 6.65. The number of carbonyl (C=O) groups is 2. The van der Waals surface area contributed by atoms with Crippen molar-refractivity contribution < 1.29 is 9.59 Å². The summed E-state index contributed by atoms with van der Waals surface area (Å²) in [7, 11) is 0. The van der Waals surface area contributed by atoms with Crippen molar-refractivity contribution in [2.24, 2.45) is 0 Å². The largest absolute Gasteiger partial charge is 0.397 e. The maximum absolute atomic E-state index is 12.0. The van der Waals surface area contributed by atoms with Crippen molar-refractivity contribution in [1.29, 1.82) is 0 Å². The summed E-state index contributed by atoms with van der Waals surface area (Å²) in [6.45, 7) is 5.16. The Morgan fingerprint density at radius 1 is 1.55 bits per heavy atom.